The van der Waals surface area contributed by atoms with Crippen LogP contribution in [0.25, 0.3) is 22.3 Å². The van der Waals surface area contributed by atoms with Crippen molar-refractivity contribution in [2.24, 2.45) is 11.7 Å². The Morgan fingerprint density at radius 2 is 1.78 bits per heavy atom. The van der Waals surface area contributed by atoms with Crippen LogP contribution in [0.4, 0.5) is 10.5 Å². The highest BCUT2D eigenvalue weighted by molar-refractivity contribution is 5.97. The lowest BCUT2D eigenvalue weighted by atomic mass is 9.85. The Kier molecular flexibility index (Phi) is 12.0. The fourth-order valence-electron chi connectivity index (χ4n) is 7.48. The van der Waals surface area contributed by atoms with Gasteiger partial charge in [-0.2, -0.15) is 0 Å². The normalized spacial score (nSPS) is 16.1. The molecule has 0 fully saturated rings. The minimum absolute atomic E-state index is 0.00458. The Morgan fingerprint density at radius 3 is 2.49 bits per heavy atom. The molecule has 4 heterocycles. The number of unbranched alkanes of at least 4 members (excludes halogenated alkanes) is 1. The molecule has 2 aliphatic rings. The van der Waals surface area contributed by atoms with E-state index < -0.39 is 23.8 Å². The van der Waals surface area contributed by atoms with Gasteiger partial charge in [0.05, 0.1) is 29.0 Å². The average Bonchev–Trinajstić information content (AvgIpc) is 3.53. The molecule has 2 aromatic carbocycles. The van der Waals surface area contributed by atoms with Crippen LogP contribution in [-0.2, 0) is 60.4 Å². The highest BCUT2D eigenvalue weighted by Crippen LogP contribution is 2.42. The number of carbonyl (C=O) groups is 4. The van der Waals surface area contributed by atoms with Gasteiger partial charge in [-0.3, -0.25) is 14.4 Å². The van der Waals surface area contributed by atoms with Crippen molar-refractivity contribution in [3.8, 4) is 11.4 Å². The molecule has 0 aliphatic carbocycles. The number of para-hydroxylation sites is 1. The number of carbonyl (C=O) groups excluding carboxylic acids is 4. The van der Waals surface area contributed by atoms with E-state index in [1.165, 1.54) is 12.5 Å². The summed E-state index contributed by atoms with van der Waals surface area (Å²) in [5.74, 6) is -0.893. The van der Waals surface area contributed by atoms with Crippen molar-refractivity contribution in [2.45, 2.75) is 104 Å². The lowest BCUT2D eigenvalue weighted by Crippen LogP contribution is -2.47. The predicted molar refractivity (Wildman–Crippen MR) is 207 cm³/mol. The van der Waals surface area contributed by atoms with E-state index in [0.29, 0.717) is 54.5 Å². The summed E-state index contributed by atoms with van der Waals surface area (Å²) in [4.78, 5) is 70.5. The zero-order chi connectivity index (χ0) is 39.3. The van der Waals surface area contributed by atoms with E-state index in [9.17, 15) is 24.0 Å². The number of pyridine rings is 2. The molecule has 4 N–H and O–H groups in total. The maximum Gasteiger partial charge on any atom is 0.510 e. The van der Waals surface area contributed by atoms with Crippen LogP contribution in [0.1, 0.15) is 94.0 Å². The number of nitrogens with two attached hydrogens (primary N) is 1. The second-order valence-corrected chi connectivity index (χ2v) is 14.7. The van der Waals surface area contributed by atoms with Crippen LogP contribution in [0.15, 0.2) is 59.4 Å². The van der Waals surface area contributed by atoms with Gasteiger partial charge in [-0.15, -0.1) is 0 Å². The van der Waals surface area contributed by atoms with Crippen LogP contribution in [0, 0.1) is 5.92 Å². The lowest BCUT2D eigenvalue weighted by molar-refractivity contribution is -0.175. The minimum atomic E-state index is -1.91. The Labute approximate surface area is 319 Å². The molecule has 2 aliphatic heterocycles. The Morgan fingerprint density at radius 1 is 1.02 bits per heavy atom. The number of cyclic esters (lactones) is 1. The van der Waals surface area contributed by atoms with Crippen LogP contribution in [-0.4, -0.2) is 46.1 Å². The maximum atomic E-state index is 14.1. The van der Waals surface area contributed by atoms with E-state index in [1.807, 2.05) is 18.2 Å². The first-order valence-corrected chi connectivity index (χ1v) is 19.0. The molecule has 4 aromatic rings. The fraction of sp³-hybridized carbons (Fsp3) is 0.429. The molecular weight excluding hydrogens is 702 g/mol. The van der Waals surface area contributed by atoms with Gasteiger partial charge < -0.3 is 35.1 Å². The van der Waals surface area contributed by atoms with Gasteiger partial charge in [0.15, 0.2) is 0 Å². The van der Waals surface area contributed by atoms with Crippen LogP contribution in [0.3, 0.4) is 0 Å². The number of hydrogen-bond acceptors (Lipinski definition) is 10. The topological polar surface area (TPSA) is 181 Å². The van der Waals surface area contributed by atoms with Crippen molar-refractivity contribution in [3.05, 3.63) is 92.8 Å². The number of rotatable bonds is 15. The number of aryl methyl sites for hydroxylation is 1. The first kappa shape index (κ1) is 39.1. The summed E-state index contributed by atoms with van der Waals surface area (Å²) < 4.78 is 18.5. The molecule has 2 atom stereocenters. The summed E-state index contributed by atoms with van der Waals surface area (Å²) in [7, 11) is 0. The molecule has 0 radical (unpaired) electrons. The summed E-state index contributed by atoms with van der Waals surface area (Å²) in [6.45, 7) is 7.84. The van der Waals surface area contributed by atoms with Gasteiger partial charge >= 0.3 is 12.1 Å². The monoisotopic (exact) mass is 751 g/mol. The first-order valence-electron chi connectivity index (χ1n) is 19.0. The maximum absolute atomic E-state index is 14.1. The number of hydrogen-bond donors (Lipinski definition) is 3. The molecule has 6 rings (SSSR count). The van der Waals surface area contributed by atoms with Gasteiger partial charge in [-0.05, 0) is 86.4 Å². The van der Waals surface area contributed by atoms with E-state index in [0.717, 1.165) is 42.1 Å². The lowest BCUT2D eigenvalue weighted by Gasteiger charge is -2.35. The van der Waals surface area contributed by atoms with Crippen molar-refractivity contribution in [1.29, 1.82) is 0 Å². The predicted octanol–water partition coefficient (Wildman–Crippen LogP) is 5.99. The largest absolute Gasteiger partial charge is 0.510 e. The number of fused-ring (bicyclic) bond motifs is 5. The number of anilines is 1. The van der Waals surface area contributed by atoms with E-state index >= 15 is 0 Å². The van der Waals surface area contributed by atoms with Crippen LogP contribution in [0.5, 0.6) is 0 Å². The molecule has 0 bridgehead atoms. The number of benzene rings is 2. The Balaban J connectivity index is 1.21. The Hall–Kier alpha value is -5.56. The van der Waals surface area contributed by atoms with Crippen molar-refractivity contribution in [3.63, 3.8) is 0 Å². The number of nitrogens with zero attached hydrogens (tertiary/aromatic N) is 2. The SMILES string of the molecule is CC[C@@]1(OC(=O)OCc2ccc(NC(=O)[C@H](CCCCN)NC(C)=O)cc2)C(=O)OCc2c1cc1n(c2=O)Cc2c-1nc1ccccc1c2CCCC(C)C. The molecule has 2 amide bonds. The second kappa shape index (κ2) is 16.8. The molecule has 290 valence electrons. The smallest absolute Gasteiger partial charge is 0.457 e. The Bertz CT molecular complexity index is 2160. The third kappa shape index (κ3) is 8.26. The van der Waals surface area contributed by atoms with Crippen molar-refractivity contribution < 1.29 is 33.4 Å². The summed E-state index contributed by atoms with van der Waals surface area (Å²) in [6, 6.07) is 15.6. The molecule has 55 heavy (non-hydrogen) atoms. The highest BCUT2D eigenvalue weighted by Gasteiger charge is 2.51. The first-order chi connectivity index (χ1) is 26.4. The fourth-order valence-corrected chi connectivity index (χ4v) is 7.48. The number of aromatic nitrogens is 2. The number of nitrogens with one attached hydrogen (secondary N) is 2. The summed E-state index contributed by atoms with van der Waals surface area (Å²) >= 11 is 0. The molecule has 0 saturated carbocycles. The number of amides is 2. The van der Waals surface area contributed by atoms with Gasteiger partial charge in [0, 0.05) is 29.1 Å². The molecule has 2 aromatic heterocycles. The average molecular weight is 752 g/mol. The van der Waals surface area contributed by atoms with Crippen LogP contribution < -0.4 is 21.9 Å². The molecule has 0 spiro atoms. The summed E-state index contributed by atoms with van der Waals surface area (Å²) in [5.41, 5.74) is 9.13. The standard InChI is InChI=1S/C42H49N5O8/c1-5-42(55-41(52)54-23-27-16-18-28(19-17-27)45-38(49)35(44-26(4)48)15-8-9-20-43)33-21-36-37-31(22-47(36)39(50)32(33)24-53-40(42)51)29(13-10-11-25(2)3)30-12-6-7-14-34(30)46-37/h6-7,12,14,16-19,21,25,35H,5,8-11,13,15,20,22-24,43H2,1-4H3,(H,44,48)(H,45,49)/t35-,42-/m0/s1. The minimum Gasteiger partial charge on any atom is -0.457 e. The molecule has 13 heteroatoms. The zero-order valence-electron chi connectivity index (χ0n) is 31.9. The van der Waals surface area contributed by atoms with Gasteiger partial charge in [0.2, 0.25) is 17.4 Å². The number of ether oxygens (including phenoxy) is 3. The van der Waals surface area contributed by atoms with E-state index in [2.05, 4.69) is 30.5 Å². The van der Waals surface area contributed by atoms with E-state index in [4.69, 9.17) is 24.9 Å². The van der Waals surface area contributed by atoms with Crippen molar-refractivity contribution in [2.75, 3.05) is 11.9 Å². The summed E-state index contributed by atoms with van der Waals surface area (Å²) in [5, 5.41) is 6.54. The zero-order valence-corrected chi connectivity index (χ0v) is 31.9. The second-order valence-electron chi connectivity index (χ2n) is 14.7. The van der Waals surface area contributed by atoms with Crippen LogP contribution in [0.2, 0.25) is 0 Å². The summed E-state index contributed by atoms with van der Waals surface area (Å²) in [6.07, 6.45) is 3.66. The molecule has 0 saturated heterocycles. The number of esters is 1. The third-order valence-corrected chi connectivity index (χ3v) is 10.4. The third-order valence-electron chi connectivity index (χ3n) is 10.4. The quantitative estimate of drug-likeness (QED) is 0.0849. The molecule has 0 unspecified atom stereocenters. The van der Waals surface area contributed by atoms with Gasteiger partial charge in [0.1, 0.15) is 19.3 Å². The van der Waals surface area contributed by atoms with E-state index in [-0.39, 0.29) is 48.1 Å². The van der Waals surface area contributed by atoms with Crippen LogP contribution >= 0.6 is 0 Å². The van der Waals surface area contributed by atoms with Gasteiger partial charge in [-0.25, -0.2) is 14.6 Å². The molecule has 13 nitrogen and oxygen atoms in total. The van der Waals surface area contributed by atoms with Gasteiger partial charge in [-0.1, -0.05) is 57.5 Å². The molecular formula is C42H49N5O8. The van der Waals surface area contributed by atoms with Gasteiger partial charge in [0.25, 0.3) is 5.56 Å². The van der Waals surface area contributed by atoms with Crippen molar-refractivity contribution >= 4 is 40.5 Å². The van der Waals surface area contributed by atoms with Crippen molar-refractivity contribution in [1.82, 2.24) is 14.9 Å². The van der Waals surface area contributed by atoms with E-state index in [1.54, 1.807) is 41.8 Å². The highest BCUT2D eigenvalue weighted by atomic mass is 16.7.